The standard InChI is InChI=1S/C53H45BN2S/c1-51(2,3)30-17-20-32(21-18-30)56-46-29-42-37(33-13-9-11-15-41(33)53(42,7)8)26-38(46)35-22-23-36-39-28-48-40(34-14-10-12-16-47(34)57-48)27-45(39)55-44-24-19-31(52(4,5)6)25-43(44)54(56)49(35)50(36)55/h9-29H,1-8H3. The van der Waals surface area contributed by atoms with Gasteiger partial charge in [0.25, 0.3) is 0 Å². The molecule has 0 radical (unpaired) electrons. The Morgan fingerprint density at radius 2 is 1.26 bits per heavy atom. The van der Waals surface area contributed by atoms with Crippen molar-refractivity contribution in [3.05, 3.63) is 150 Å². The fourth-order valence-corrected chi connectivity index (χ4v) is 11.8. The van der Waals surface area contributed by atoms with E-state index >= 15 is 0 Å². The van der Waals surface area contributed by atoms with E-state index < -0.39 is 0 Å². The maximum Gasteiger partial charge on any atom is 0.333 e. The summed E-state index contributed by atoms with van der Waals surface area (Å²) in [5.41, 5.74) is 20.1. The minimum absolute atomic E-state index is 0.00690. The highest BCUT2D eigenvalue weighted by Gasteiger charge is 2.46. The third-order valence-corrected chi connectivity index (χ3v) is 14.8. The van der Waals surface area contributed by atoms with Crippen molar-refractivity contribution in [1.82, 2.24) is 4.57 Å². The molecule has 12 rings (SSSR count). The van der Waals surface area contributed by atoms with Crippen LogP contribution >= 0.6 is 11.3 Å². The van der Waals surface area contributed by atoms with Gasteiger partial charge in [-0.3, -0.25) is 0 Å². The number of benzene rings is 7. The van der Waals surface area contributed by atoms with Crippen molar-refractivity contribution in [2.75, 3.05) is 4.81 Å². The van der Waals surface area contributed by atoms with E-state index in [4.69, 9.17) is 0 Å². The summed E-state index contributed by atoms with van der Waals surface area (Å²) in [7, 11) is 0. The molecule has 2 aliphatic heterocycles. The number of nitrogens with zero attached hydrogens (tertiary/aromatic N) is 2. The quantitative estimate of drug-likeness (QED) is 0.152. The fraction of sp³-hybridized carbons (Fsp3) is 0.208. The van der Waals surface area contributed by atoms with Gasteiger partial charge in [-0.25, -0.2) is 0 Å². The van der Waals surface area contributed by atoms with Crippen molar-refractivity contribution in [3.8, 4) is 27.9 Å². The first-order chi connectivity index (χ1) is 27.3. The van der Waals surface area contributed by atoms with E-state index in [-0.39, 0.29) is 23.1 Å². The van der Waals surface area contributed by atoms with Crippen LogP contribution in [0.15, 0.2) is 127 Å². The molecule has 0 saturated heterocycles. The van der Waals surface area contributed by atoms with Crippen LogP contribution in [0.25, 0.3) is 69.9 Å². The predicted molar refractivity (Wildman–Crippen MR) is 248 cm³/mol. The normalized spacial score (nSPS) is 15.1. The smallest absolute Gasteiger partial charge is 0.333 e. The van der Waals surface area contributed by atoms with E-state index in [1.165, 1.54) is 114 Å². The van der Waals surface area contributed by atoms with Gasteiger partial charge in [-0.1, -0.05) is 134 Å². The van der Waals surface area contributed by atoms with Crippen molar-refractivity contribution in [1.29, 1.82) is 0 Å². The van der Waals surface area contributed by atoms with Gasteiger partial charge in [0.2, 0.25) is 0 Å². The number of thiophene rings is 1. The van der Waals surface area contributed by atoms with Gasteiger partial charge in [0.05, 0.1) is 11.0 Å². The molecule has 276 valence electrons. The van der Waals surface area contributed by atoms with E-state index in [0.717, 1.165) is 0 Å². The molecule has 0 saturated carbocycles. The molecule has 0 unspecified atom stereocenters. The van der Waals surface area contributed by atoms with Gasteiger partial charge >= 0.3 is 6.85 Å². The molecule has 9 aromatic rings. The van der Waals surface area contributed by atoms with Crippen LogP contribution in [0.3, 0.4) is 0 Å². The lowest BCUT2D eigenvalue weighted by molar-refractivity contribution is 0.590. The SMILES string of the molecule is CC(C)(C)c1ccc(N2B3c4cc(C(C)(C)C)ccc4-n4c5cc6c(cc5c5ccc(c3c54)-c3cc4c(cc32)C(C)(C)c2ccccc2-4)sc2ccccc26)cc1. The number of hydrogen-bond donors (Lipinski definition) is 0. The van der Waals surface area contributed by atoms with Gasteiger partial charge in [0.15, 0.2) is 0 Å². The van der Waals surface area contributed by atoms with E-state index in [1.807, 2.05) is 11.3 Å². The molecule has 0 amide bonds. The summed E-state index contributed by atoms with van der Waals surface area (Å²) in [6.07, 6.45) is 0. The summed E-state index contributed by atoms with van der Waals surface area (Å²) in [6.45, 7) is 18.8. The van der Waals surface area contributed by atoms with Crippen molar-refractivity contribution < 1.29 is 0 Å². The zero-order valence-electron chi connectivity index (χ0n) is 34.0. The lowest BCUT2D eigenvalue weighted by atomic mass is 9.43. The molecule has 0 fully saturated rings. The van der Waals surface area contributed by atoms with Gasteiger partial charge in [-0.15, -0.1) is 11.3 Å². The molecule has 0 atom stereocenters. The van der Waals surface area contributed by atoms with Crippen molar-refractivity contribution in [2.45, 2.75) is 71.6 Å². The van der Waals surface area contributed by atoms with Crippen LogP contribution in [-0.2, 0) is 16.2 Å². The monoisotopic (exact) mass is 752 g/mol. The molecule has 4 heterocycles. The fourth-order valence-electron chi connectivity index (χ4n) is 10.7. The first-order valence-corrected chi connectivity index (χ1v) is 21.4. The van der Waals surface area contributed by atoms with Crippen LogP contribution in [0.2, 0.25) is 0 Å². The zero-order chi connectivity index (χ0) is 38.9. The van der Waals surface area contributed by atoms with E-state index in [9.17, 15) is 0 Å². The maximum absolute atomic E-state index is 2.71. The zero-order valence-corrected chi connectivity index (χ0v) is 34.8. The lowest BCUT2D eigenvalue weighted by Gasteiger charge is -2.43. The second-order valence-electron chi connectivity index (χ2n) is 19.4. The van der Waals surface area contributed by atoms with E-state index in [2.05, 4.69) is 192 Å². The van der Waals surface area contributed by atoms with Crippen LogP contribution in [0.5, 0.6) is 0 Å². The number of anilines is 2. The second kappa shape index (κ2) is 10.9. The Bertz CT molecular complexity index is 3230. The summed E-state index contributed by atoms with van der Waals surface area (Å²) in [5, 5.41) is 5.34. The van der Waals surface area contributed by atoms with Crippen molar-refractivity contribution in [3.63, 3.8) is 0 Å². The Hall–Kier alpha value is -5.58. The van der Waals surface area contributed by atoms with Gasteiger partial charge in [-0.2, -0.15) is 0 Å². The molecule has 0 bridgehead atoms. The molecule has 1 aliphatic carbocycles. The third-order valence-electron chi connectivity index (χ3n) is 13.7. The van der Waals surface area contributed by atoms with Gasteiger partial charge in [0.1, 0.15) is 0 Å². The molecule has 2 aromatic heterocycles. The van der Waals surface area contributed by atoms with Crippen LogP contribution in [-0.4, -0.2) is 11.4 Å². The average molecular weight is 753 g/mol. The molecule has 0 N–H and O–H groups in total. The van der Waals surface area contributed by atoms with Gasteiger partial charge in [0, 0.05) is 59.0 Å². The first-order valence-electron chi connectivity index (χ1n) is 20.5. The minimum Gasteiger partial charge on any atom is -0.376 e. The third kappa shape index (κ3) is 4.37. The molecule has 4 heteroatoms. The molecule has 7 aromatic carbocycles. The van der Waals surface area contributed by atoms with E-state index in [0.29, 0.717) is 0 Å². The van der Waals surface area contributed by atoms with Crippen LogP contribution < -0.4 is 15.7 Å². The number of aromatic nitrogens is 1. The number of hydrogen-bond acceptors (Lipinski definition) is 2. The second-order valence-corrected chi connectivity index (χ2v) is 20.5. The van der Waals surface area contributed by atoms with Crippen LogP contribution in [0, 0.1) is 0 Å². The van der Waals surface area contributed by atoms with Gasteiger partial charge in [-0.05, 0) is 109 Å². The van der Waals surface area contributed by atoms with E-state index in [1.54, 1.807) is 0 Å². The van der Waals surface area contributed by atoms with Crippen molar-refractivity contribution >= 4 is 82.5 Å². The summed E-state index contributed by atoms with van der Waals surface area (Å²) in [6, 6.07) is 49.8. The topological polar surface area (TPSA) is 8.17 Å². The largest absolute Gasteiger partial charge is 0.376 e. The molecule has 0 spiro atoms. The Kier molecular flexibility index (Phi) is 6.40. The molecule has 2 nitrogen and oxygen atoms in total. The number of fused-ring (bicyclic) bond motifs is 14. The summed E-state index contributed by atoms with van der Waals surface area (Å²) in [5.74, 6) is 0. The highest BCUT2D eigenvalue weighted by molar-refractivity contribution is 7.25. The summed E-state index contributed by atoms with van der Waals surface area (Å²) < 4.78 is 5.32. The molecule has 57 heavy (non-hydrogen) atoms. The molecular formula is C53H45BN2S. The Morgan fingerprint density at radius 3 is 2.05 bits per heavy atom. The highest BCUT2D eigenvalue weighted by atomic mass is 32.1. The highest BCUT2D eigenvalue weighted by Crippen LogP contribution is 2.54. The minimum atomic E-state index is -0.111. The van der Waals surface area contributed by atoms with Gasteiger partial charge < -0.3 is 9.38 Å². The summed E-state index contributed by atoms with van der Waals surface area (Å²) >= 11 is 1.91. The average Bonchev–Trinajstić information content (AvgIpc) is 3.80. The van der Waals surface area contributed by atoms with Crippen LogP contribution in [0.1, 0.15) is 77.6 Å². The molecule has 3 aliphatic rings. The van der Waals surface area contributed by atoms with Crippen LogP contribution in [0.4, 0.5) is 11.4 Å². The first kappa shape index (κ1) is 33.6. The predicted octanol–water partition coefficient (Wildman–Crippen LogP) is 13.3. The Balaban J connectivity index is 1.24. The lowest BCUT2D eigenvalue weighted by Crippen LogP contribution is -2.60. The Labute approximate surface area is 339 Å². The van der Waals surface area contributed by atoms with Crippen molar-refractivity contribution in [2.24, 2.45) is 0 Å². The number of rotatable bonds is 1. The maximum atomic E-state index is 2.71. The Morgan fingerprint density at radius 1 is 0.526 bits per heavy atom. The summed E-state index contributed by atoms with van der Waals surface area (Å²) in [4.78, 5) is 2.71. The molecular weight excluding hydrogens is 707 g/mol.